The number of nitro benzene ring substituents is 1. The molecular formula is C17H14N4O5. The van der Waals surface area contributed by atoms with Gasteiger partial charge in [0.25, 0.3) is 11.8 Å². The third kappa shape index (κ3) is 3.36. The van der Waals surface area contributed by atoms with E-state index in [4.69, 9.17) is 4.74 Å². The Hall–Kier alpha value is -3.75. The van der Waals surface area contributed by atoms with Gasteiger partial charge >= 0.3 is 5.69 Å². The summed E-state index contributed by atoms with van der Waals surface area (Å²) in [5, 5.41) is 18.9. The molecule has 0 aliphatic carbocycles. The lowest BCUT2D eigenvalue weighted by Crippen LogP contribution is -2.29. The second-order valence-corrected chi connectivity index (χ2v) is 5.36. The molecule has 1 heterocycles. The SMILES string of the molecule is COc1ccc(C(=O)NC2=NN(c3ccccc3)C(=O)C2)cc1[N+](=O)[O-]. The van der Waals surface area contributed by atoms with Crippen molar-refractivity contribution < 1.29 is 19.2 Å². The lowest BCUT2D eigenvalue weighted by Gasteiger charge is -2.10. The second kappa shape index (κ2) is 7.01. The van der Waals surface area contributed by atoms with E-state index in [2.05, 4.69) is 10.4 Å². The summed E-state index contributed by atoms with van der Waals surface area (Å²) in [5.74, 6) is -0.665. The van der Waals surface area contributed by atoms with Crippen LogP contribution in [0, 0.1) is 10.1 Å². The number of nitrogens with one attached hydrogen (secondary N) is 1. The van der Waals surface area contributed by atoms with Crippen LogP contribution in [-0.2, 0) is 4.79 Å². The number of carbonyl (C=O) groups is 2. The molecule has 0 saturated carbocycles. The summed E-state index contributed by atoms with van der Waals surface area (Å²) in [7, 11) is 1.30. The van der Waals surface area contributed by atoms with E-state index in [1.165, 1.54) is 24.3 Å². The number of nitrogens with zero attached hydrogens (tertiary/aromatic N) is 3. The minimum absolute atomic E-state index is 0.0511. The van der Waals surface area contributed by atoms with Crippen molar-refractivity contribution in [2.75, 3.05) is 12.1 Å². The van der Waals surface area contributed by atoms with E-state index in [0.717, 1.165) is 6.07 Å². The number of hydrazone groups is 1. The average molecular weight is 354 g/mol. The number of benzene rings is 2. The van der Waals surface area contributed by atoms with Crippen LogP contribution >= 0.6 is 0 Å². The number of hydrogen-bond donors (Lipinski definition) is 1. The Bertz CT molecular complexity index is 911. The molecule has 26 heavy (non-hydrogen) atoms. The third-order valence-electron chi connectivity index (χ3n) is 3.67. The van der Waals surface area contributed by atoms with E-state index in [9.17, 15) is 19.7 Å². The number of ether oxygens (including phenoxy) is 1. The summed E-state index contributed by atoms with van der Waals surface area (Å²) < 4.78 is 4.90. The zero-order chi connectivity index (χ0) is 18.7. The first-order valence-electron chi connectivity index (χ1n) is 7.59. The molecule has 2 aromatic rings. The Morgan fingerprint density at radius 2 is 2.00 bits per heavy atom. The van der Waals surface area contributed by atoms with Gasteiger partial charge in [-0.2, -0.15) is 10.1 Å². The topological polar surface area (TPSA) is 114 Å². The van der Waals surface area contributed by atoms with Crippen LogP contribution < -0.4 is 15.1 Å². The number of carbonyl (C=O) groups excluding carboxylic acids is 2. The number of rotatable bonds is 4. The molecule has 1 aliphatic heterocycles. The molecule has 1 N–H and O–H groups in total. The van der Waals surface area contributed by atoms with Crippen molar-refractivity contribution in [2.45, 2.75) is 6.42 Å². The van der Waals surface area contributed by atoms with Gasteiger partial charge in [-0.05, 0) is 24.3 Å². The van der Waals surface area contributed by atoms with Crippen molar-refractivity contribution in [3.05, 3.63) is 64.2 Å². The van der Waals surface area contributed by atoms with Crippen molar-refractivity contribution in [1.29, 1.82) is 0 Å². The minimum atomic E-state index is -0.636. The van der Waals surface area contributed by atoms with Crippen molar-refractivity contribution in [3.63, 3.8) is 0 Å². The molecule has 0 radical (unpaired) electrons. The Morgan fingerprint density at radius 3 is 2.65 bits per heavy atom. The molecule has 0 spiro atoms. The van der Waals surface area contributed by atoms with Crippen LogP contribution in [-0.4, -0.2) is 29.7 Å². The maximum absolute atomic E-state index is 12.3. The van der Waals surface area contributed by atoms with Crippen LogP contribution in [0.2, 0.25) is 0 Å². The highest BCUT2D eigenvalue weighted by Gasteiger charge is 2.27. The molecule has 9 nitrogen and oxygen atoms in total. The summed E-state index contributed by atoms with van der Waals surface area (Å²) in [6.45, 7) is 0. The molecule has 0 bridgehead atoms. The van der Waals surface area contributed by atoms with Gasteiger partial charge in [0, 0.05) is 11.6 Å². The van der Waals surface area contributed by atoms with Crippen LogP contribution in [0.1, 0.15) is 16.8 Å². The van der Waals surface area contributed by atoms with Gasteiger partial charge in [0.15, 0.2) is 5.75 Å². The Kier molecular flexibility index (Phi) is 4.61. The first-order chi connectivity index (χ1) is 12.5. The zero-order valence-corrected chi connectivity index (χ0v) is 13.7. The smallest absolute Gasteiger partial charge is 0.311 e. The largest absolute Gasteiger partial charge is 0.490 e. The highest BCUT2D eigenvalue weighted by molar-refractivity contribution is 6.17. The lowest BCUT2D eigenvalue weighted by molar-refractivity contribution is -0.385. The predicted molar refractivity (Wildman–Crippen MR) is 93.1 cm³/mol. The maximum atomic E-state index is 12.3. The summed E-state index contributed by atoms with van der Waals surface area (Å²) in [4.78, 5) is 34.9. The number of para-hydroxylation sites is 1. The van der Waals surface area contributed by atoms with Gasteiger partial charge in [-0.25, -0.2) is 0 Å². The van der Waals surface area contributed by atoms with E-state index >= 15 is 0 Å². The first-order valence-corrected chi connectivity index (χ1v) is 7.59. The minimum Gasteiger partial charge on any atom is -0.490 e. The predicted octanol–water partition coefficient (Wildman–Crippen LogP) is 2.08. The summed E-state index contributed by atoms with van der Waals surface area (Å²) in [5.41, 5.74) is 0.322. The standard InChI is InChI=1S/C17H14N4O5/c1-26-14-8-7-11(9-13(14)21(24)25)17(23)18-15-10-16(22)20(19-15)12-5-3-2-4-6-12/h2-9H,10H2,1H3,(H,18,19,23). The van der Waals surface area contributed by atoms with Crippen molar-refractivity contribution in [1.82, 2.24) is 5.32 Å². The second-order valence-electron chi connectivity index (χ2n) is 5.36. The van der Waals surface area contributed by atoms with E-state index in [0.29, 0.717) is 5.69 Å². The van der Waals surface area contributed by atoms with E-state index in [-0.39, 0.29) is 35.2 Å². The molecule has 9 heteroatoms. The average Bonchev–Trinajstić information content (AvgIpc) is 3.01. The molecule has 0 atom stereocenters. The van der Waals surface area contributed by atoms with Crippen LogP contribution in [0.4, 0.5) is 11.4 Å². The van der Waals surface area contributed by atoms with Gasteiger partial charge in [-0.1, -0.05) is 18.2 Å². The van der Waals surface area contributed by atoms with Gasteiger partial charge in [-0.15, -0.1) is 0 Å². The van der Waals surface area contributed by atoms with E-state index < -0.39 is 10.8 Å². The first kappa shape index (κ1) is 17.1. The lowest BCUT2D eigenvalue weighted by atomic mass is 10.1. The summed E-state index contributed by atoms with van der Waals surface area (Å²) in [6, 6.07) is 12.6. The van der Waals surface area contributed by atoms with Crippen molar-refractivity contribution in [3.8, 4) is 5.75 Å². The van der Waals surface area contributed by atoms with Crippen molar-refractivity contribution >= 4 is 29.0 Å². The number of hydrogen-bond acceptors (Lipinski definition) is 6. The molecule has 132 valence electrons. The van der Waals surface area contributed by atoms with E-state index in [1.54, 1.807) is 24.3 Å². The van der Waals surface area contributed by atoms with Gasteiger partial charge in [0.1, 0.15) is 5.84 Å². The van der Waals surface area contributed by atoms with E-state index in [1.807, 2.05) is 6.07 Å². The molecule has 0 unspecified atom stereocenters. The Labute approximate surface area is 148 Å². The molecule has 2 amide bonds. The Balaban J connectivity index is 1.79. The fourth-order valence-corrected chi connectivity index (χ4v) is 2.45. The van der Waals surface area contributed by atoms with Crippen LogP contribution in [0.5, 0.6) is 5.75 Å². The number of amides is 2. The maximum Gasteiger partial charge on any atom is 0.311 e. The van der Waals surface area contributed by atoms with Crippen LogP contribution in [0.3, 0.4) is 0 Å². The third-order valence-corrected chi connectivity index (χ3v) is 3.67. The summed E-state index contributed by atoms with van der Waals surface area (Å²) in [6.07, 6.45) is -0.0706. The number of anilines is 1. The summed E-state index contributed by atoms with van der Waals surface area (Å²) >= 11 is 0. The molecule has 0 saturated heterocycles. The van der Waals surface area contributed by atoms with Crippen LogP contribution in [0.25, 0.3) is 0 Å². The van der Waals surface area contributed by atoms with Crippen molar-refractivity contribution in [2.24, 2.45) is 5.10 Å². The van der Waals surface area contributed by atoms with Gasteiger partial charge < -0.3 is 10.1 Å². The quantitative estimate of drug-likeness (QED) is 0.667. The monoisotopic (exact) mass is 354 g/mol. The van der Waals surface area contributed by atoms with Gasteiger partial charge in [-0.3, -0.25) is 19.7 Å². The fourth-order valence-electron chi connectivity index (χ4n) is 2.45. The number of nitro groups is 1. The van der Waals surface area contributed by atoms with Crippen LogP contribution in [0.15, 0.2) is 53.6 Å². The van der Waals surface area contributed by atoms with Gasteiger partial charge in [0.2, 0.25) is 0 Å². The molecule has 1 aliphatic rings. The molecule has 0 fully saturated rings. The molecule has 3 rings (SSSR count). The molecular weight excluding hydrogens is 340 g/mol. The highest BCUT2D eigenvalue weighted by Crippen LogP contribution is 2.27. The zero-order valence-electron chi connectivity index (χ0n) is 13.7. The Morgan fingerprint density at radius 1 is 1.27 bits per heavy atom. The normalized spacial score (nSPS) is 13.3. The fraction of sp³-hybridized carbons (Fsp3) is 0.118. The number of amidine groups is 1. The molecule has 0 aromatic heterocycles. The number of methoxy groups -OCH3 is 1. The molecule has 2 aromatic carbocycles. The van der Waals surface area contributed by atoms with Gasteiger partial charge in [0.05, 0.1) is 24.1 Å². The highest BCUT2D eigenvalue weighted by atomic mass is 16.6.